The van der Waals surface area contributed by atoms with Gasteiger partial charge in [0.05, 0.1) is 12.7 Å². The molecule has 0 saturated heterocycles. The molecule has 0 aliphatic carbocycles. The van der Waals surface area contributed by atoms with Gasteiger partial charge in [0.2, 0.25) is 0 Å². The zero-order valence-electron chi connectivity index (χ0n) is 8.04. The number of aliphatic hydroxyl groups excluding tert-OH is 1. The molecule has 0 bridgehead atoms. The van der Waals surface area contributed by atoms with E-state index >= 15 is 0 Å². The van der Waals surface area contributed by atoms with Crippen molar-refractivity contribution in [2.75, 3.05) is 6.61 Å². The number of hydrogen-bond acceptors (Lipinski definition) is 3. The largest absolute Gasteiger partial charge is 0.469 e. The molecule has 0 amide bonds. The number of aliphatic hydroxyl groups is 1. The Hall–Kier alpha value is 0.0700. The first-order chi connectivity index (χ1) is 5.74. The smallest absolute Gasteiger partial charge is 0.393 e. The van der Waals surface area contributed by atoms with Gasteiger partial charge in [0.15, 0.2) is 0 Å². The van der Waals surface area contributed by atoms with Crippen LogP contribution in [0.2, 0.25) is 0 Å². The minimum Gasteiger partial charge on any atom is -0.393 e. The molecule has 0 aromatic heterocycles. The Morgan fingerprint density at radius 3 is 2.00 bits per heavy atom. The van der Waals surface area contributed by atoms with Gasteiger partial charge in [-0.1, -0.05) is 13.8 Å². The summed E-state index contributed by atoms with van der Waals surface area (Å²) in [4.78, 5) is 16.9. The van der Waals surface area contributed by atoms with E-state index in [1.54, 1.807) is 6.92 Å². The van der Waals surface area contributed by atoms with Crippen LogP contribution in [-0.2, 0) is 9.09 Å². The summed E-state index contributed by atoms with van der Waals surface area (Å²) < 4.78 is 14.7. The van der Waals surface area contributed by atoms with Crippen molar-refractivity contribution in [3.8, 4) is 0 Å². The molecule has 5 nitrogen and oxygen atoms in total. The second-order valence-corrected chi connectivity index (χ2v) is 4.67. The van der Waals surface area contributed by atoms with E-state index in [-0.39, 0.29) is 18.4 Å². The summed E-state index contributed by atoms with van der Waals surface area (Å²) in [6, 6.07) is 0. The number of rotatable bonds is 5. The Morgan fingerprint density at radius 2 is 1.77 bits per heavy atom. The third-order valence-corrected chi connectivity index (χ3v) is 2.40. The number of hydrogen-bond donors (Lipinski definition) is 3. The van der Waals surface area contributed by atoms with Crippen LogP contribution < -0.4 is 0 Å². The summed E-state index contributed by atoms with van der Waals surface area (Å²) in [7, 11) is -4.41. The zero-order valence-corrected chi connectivity index (χ0v) is 8.94. The van der Waals surface area contributed by atoms with E-state index in [0.717, 1.165) is 0 Å². The van der Waals surface area contributed by atoms with Crippen LogP contribution >= 0.6 is 7.82 Å². The predicted octanol–water partition coefficient (Wildman–Crippen LogP) is 0.749. The van der Waals surface area contributed by atoms with Crippen LogP contribution in [0, 0.1) is 11.8 Å². The summed E-state index contributed by atoms with van der Waals surface area (Å²) in [5, 5.41) is 9.25. The van der Waals surface area contributed by atoms with E-state index in [1.165, 1.54) is 0 Å². The van der Waals surface area contributed by atoms with Gasteiger partial charge in [0, 0.05) is 5.92 Å². The lowest BCUT2D eigenvalue weighted by Gasteiger charge is -2.23. The second-order valence-electron chi connectivity index (χ2n) is 3.43. The van der Waals surface area contributed by atoms with Gasteiger partial charge in [-0.2, -0.15) is 0 Å². The average molecular weight is 212 g/mol. The minimum atomic E-state index is -4.41. The maximum Gasteiger partial charge on any atom is 0.469 e. The van der Waals surface area contributed by atoms with Crippen LogP contribution in [0.3, 0.4) is 0 Å². The SMILES string of the molecule is CC(C)C(COP(=O)(O)O)C(C)O. The molecule has 2 unspecified atom stereocenters. The Morgan fingerprint density at radius 1 is 1.31 bits per heavy atom. The molecule has 0 saturated carbocycles. The summed E-state index contributed by atoms with van der Waals surface area (Å²) in [5.74, 6) is -0.140. The van der Waals surface area contributed by atoms with Crippen molar-refractivity contribution >= 4 is 7.82 Å². The summed E-state index contributed by atoms with van der Waals surface area (Å²) in [6.07, 6.45) is -0.633. The van der Waals surface area contributed by atoms with Gasteiger partial charge in [0.1, 0.15) is 0 Å². The van der Waals surface area contributed by atoms with Crippen LogP contribution in [0.15, 0.2) is 0 Å². The minimum absolute atomic E-state index is 0.117. The van der Waals surface area contributed by atoms with Crippen LogP contribution in [0.5, 0.6) is 0 Å². The standard InChI is InChI=1S/C7H17O5P/c1-5(2)7(6(3)8)4-12-13(9,10)11/h5-8H,4H2,1-3H3,(H2,9,10,11). The predicted molar refractivity (Wildman–Crippen MR) is 48.0 cm³/mol. The fraction of sp³-hybridized carbons (Fsp3) is 1.00. The molecule has 2 atom stereocenters. The van der Waals surface area contributed by atoms with Gasteiger partial charge in [-0.15, -0.1) is 0 Å². The summed E-state index contributed by atoms with van der Waals surface area (Å²) in [6.45, 7) is 5.17. The van der Waals surface area contributed by atoms with Crippen molar-refractivity contribution in [1.29, 1.82) is 0 Å². The average Bonchev–Trinajstić information content (AvgIpc) is 1.82. The van der Waals surface area contributed by atoms with E-state index in [4.69, 9.17) is 9.79 Å². The van der Waals surface area contributed by atoms with Crippen LogP contribution in [0.25, 0.3) is 0 Å². The first-order valence-electron chi connectivity index (χ1n) is 4.12. The molecule has 0 spiro atoms. The van der Waals surface area contributed by atoms with Gasteiger partial charge < -0.3 is 14.9 Å². The van der Waals surface area contributed by atoms with Crippen LogP contribution in [0.4, 0.5) is 0 Å². The van der Waals surface area contributed by atoms with Gasteiger partial charge in [0.25, 0.3) is 0 Å². The third kappa shape index (κ3) is 6.18. The Kier molecular flexibility index (Phi) is 5.10. The van der Waals surface area contributed by atoms with E-state index < -0.39 is 13.9 Å². The Balaban J connectivity index is 4.06. The van der Waals surface area contributed by atoms with Gasteiger partial charge in [-0.05, 0) is 12.8 Å². The van der Waals surface area contributed by atoms with Gasteiger partial charge >= 0.3 is 7.82 Å². The molecule has 13 heavy (non-hydrogen) atoms. The van der Waals surface area contributed by atoms with Crippen LogP contribution in [0.1, 0.15) is 20.8 Å². The third-order valence-electron chi connectivity index (χ3n) is 1.91. The first kappa shape index (κ1) is 13.1. The highest BCUT2D eigenvalue weighted by molar-refractivity contribution is 7.46. The highest BCUT2D eigenvalue weighted by atomic mass is 31.2. The molecule has 0 fully saturated rings. The van der Waals surface area contributed by atoms with Crippen LogP contribution in [-0.4, -0.2) is 27.6 Å². The molecule has 80 valence electrons. The molecule has 0 aromatic rings. The molecule has 6 heteroatoms. The molecule has 0 aliphatic rings. The Bertz CT molecular complexity index is 177. The Labute approximate surface area is 78.0 Å². The lowest BCUT2D eigenvalue weighted by molar-refractivity contribution is 0.0510. The second kappa shape index (κ2) is 5.08. The topological polar surface area (TPSA) is 87.0 Å². The van der Waals surface area contributed by atoms with Crippen molar-refractivity contribution in [3.63, 3.8) is 0 Å². The highest BCUT2D eigenvalue weighted by Gasteiger charge is 2.23. The van der Waals surface area contributed by atoms with Gasteiger partial charge in [-0.3, -0.25) is 4.52 Å². The highest BCUT2D eigenvalue weighted by Crippen LogP contribution is 2.37. The van der Waals surface area contributed by atoms with Crippen molar-refractivity contribution in [2.24, 2.45) is 11.8 Å². The normalized spacial score (nSPS) is 17.5. The van der Waals surface area contributed by atoms with Gasteiger partial charge in [-0.25, -0.2) is 4.57 Å². The number of phosphoric ester groups is 1. The lowest BCUT2D eigenvalue weighted by atomic mass is 9.92. The maximum absolute atomic E-state index is 10.4. The van der Waals surface area contributed by atoms with E-state index in [1.807, 2.05) is 13.8 Å². The monoisotopic (exact) mass is 212 g/mol. The van der Waals surface area contributed by atoms with E-state index in [9.17, 15) is 9.67 Å². The number of phosphoric acid groups is 1. The molecule has 0 rings (SSSR count). The maximum atomic E-state index is 10.4. The fourth-order valence-electron chi connectivity index (χ4n) is 1.07. The molecule has 0 radical (unpaired) electrons. The summed E-state index contributed by atoms with van der Waals surface area (Å²) in [5.41, 5.74) is 0. The fourth-order valence-corrected chi connectivity index (χ4v) is 1.44. The molecule has 3 N–H and O–H groups in total. The van der Waals surface area contributed by atoms with Crippen molar-refractivity contribution in [3.05, 3.63) is 0 Å². The van der Waals surface area contributed by atoms with Crippen molar-refractivity contribution in [1.82, 2.24) is 0 Å². The molecular formula is C7H17O5P. The zero-order chi connectivity index (χ0) is 10.6. The molecule has 0 aromatic carbocycles. The van der Waals surface area contributed by atoms with E-state index in [2.05, 4.69) is 4.52 Å². The summed E-state index contributed by atoms with van der Waals surface area (Å²) >= 11 is 0. The molecule has 0 heterocycles. The quantitative estimate of drug-likeness (QED) is 0.585. The molecular weight excluding hydrogens is 195 g/mol. The van der Waals surface area contributed by atoms with Crippen molar-refractivity contribution < 1.29 is 24.0 Å². The lowest BCUT2D eigenvalue weighted by Crippen LogP contribution is -2.26. The van der Waals surface area contributed by atoms with Crippen molar-refractivity contribution in [2.45, 2.75) is 26.9 Å². The van der Waals surface area contributed by atoms with E-state index in [0.29, 0.717) is 0 Å². The first-order valence-corrected chi connectivity index (χ1v) is 5.65. The molecule has 0 aliphatic heterocycles.